The molecule has 0 aliphatic carbocycles. The summed E-state index contributed by atoms with van der Waals surface area (Å²) in [6.45, 7) is 1.46. The maximum atomic E-state index is 11.7. The van der Waals surface area contributed by atoms with Gasteiger partial charge in [0.1, 0.15) is 0 Å². The molecule has 1 aromatic carbocycles. The van der Waals surface area contributed by atoms with Crippen molar-refractivity contribution in [1.29, 1.82) is 0 Å². The summed E-state index contributed by atoms with van der Waals surface area (Å²) in [5.41, 5.74) is 0.999. The molecular weight excluding hydrogens is 238 g/mol. The second kappa shape index (κ2) is 4.55. The molecule has 2 aromatic rings. The largest absolute Gasteiger partial charge is 0.294 e. The first kappa shape index (κ1) is 11.6. The number of aromatic nitrogens is 1. The molecule has 0 spiro atoms. The number of rotatable bonds is 2. The van der Waals surface area contributed by atoms with Crippen molar-refractivity contribution in [3.8, 4) is 5.69 Å². The minimum atomic E-state index is -0.183. The van der Waals surface area contributed by atoms with Crippen molar-refractivity contribution in [2.24, 2.45) is 0 Å². The number of benzene rings is 1. The number of hydrogen-bond donors (Lipinski definition) is 0. The summed E-state index contributed by atoms with van der Waals surface area (Å²) in [6.07, 6.45) is 1.54. The first-order valence-corrected chi connectivity index (χ1v) is 5.45. The van der Waals surface area contributed by atoms with Crippen LogP contribution in [0.2, 0.25) is 5.02 Å². The fourth-order valence-electron chi connectivity index (χ4n) is 1.50. The van der Waals surface area contributed by atoms with E-state index < -0.39 is 0 Å². The maximum absolute atomic E-state index is 11.7. The van der Waals surface area contributed by atoms with Crippen molar-refractivity contribution in [2.75, 3.05) is 0 Å². The predicted molar refractivity (Wildman–Crippen MR) is 67.1 cm³/mol. The van der Waals surface area contributed by atoms with Gasteiger partial charge in [0.15, 0.2) is 5.78 Å². The summed E-state index contributed by atoms with van der Waals surface area (Å²) in [5, 5.41) is 0.601. The molecule has 0 aliphatic rings. The molecule has 17 heavy (non-hydrogen) atoms. The van der Waals surface area contributed by atoms with Crippen LogP contribution in [0.15, 0.2) is 47.4 Å². The smallest absolute Gasteiger partial charge is 0.255 e. The standard InChI is InChI=1S/C13H10ClNO2/c1-9(16)10-2-7-13(17)15(8-10)12-5-3-11(14)4-6-12/h2-8H,1H3. The third-order valence-corrected chi connectivity index (χ3v) is 2.67. The Bertz CT molecular complexity index is 614. The summed E-state index contributed by atoms with van der Waals surface area (Å²) in [4.78, 5) is 23.0. The van der Waals surface area contributed by atoms with Crippen molar-refractivity contribution in [1.82, 2.24) is 4.57 Å². The Kier molecular flexibility index (Phi) is 3.11. The molecule has 0 saturated carbocycles. The van der Waals surface area contributed by atoms with Gasteiger partial charge in [0.2, 0.25) is 0 Å². The topological polar surface area (TPSA) is 39.1 Å². The van der Waals surface area contributed by atoms with E-state index in [4.69, 9.17) is 11.6 Å². The van der Waals surface area contributed by atoms with Crippen LogP contribution >= 0.6 is 11.6 Å². The molecule has 2 rings (SSSR count). The summed E-state index contributed by atoms with van der Waals surface area (Å²) >= 11 is 5.78. The van der Waals surface area contributed by atoms with Crippen LogP contribution in [0.4, 0.5) is 0 Å². The van der Waals surface area contributed by atoms with Crippen molar-refractivity contribution < 1.29 is 4.79 Å². The van der Waals surface area contributed by atoms with Crippen molar-refractivity contribution >= 4 is 17.4 Å². The average Bonchev–Trinajstić information content (AvgIpc) is 2.31. The fraction of sp³-hybridized carbons (Fsp3) is 0.0769. The lowest BCUT2D eigenvalue weighted by molar-refractivity contribution is 0.101. The SMILES string of the molecule is CC(=O)c1ccc(=O)n(-c2ccc(Cl)cc2)c1. The summed E-state index contributed by atoms with van der Waals surface area (Å²) in [7, 11) is 0. The molecule has 0 aliphatic heterocycles. The Morgan fingerprint density at radius 1 is 1.12 bits per heavy atom. The summed E-state index contributed by atoms with van der Waals surface area (Å²) in [6, 6.07) is 9.76. The number of Topliss-reactive ketones (excluding diaryl/α,β-unsaturated/α-hetero) is 1. The lowest BCUT2D eigenvalue weighted by atomic mass is 10.2. The molecule has 86 valence electrons. The first-order chi connectivity index (χ1) is 8.08. The van der Waals surface area contributed by atoms with Gasteiger partial charge in [-0.3, -0.25) is 14.2 Å². The molecule has 0 atom stereocenters. The van der Waals surface area contributed by atoms with Crippen LogP contribution in [0.5, 0.6) is 0 Å². The third kappa shape index (κ3) is 2.45. The fourth-order valence-corrected chi connectivity index (χ4v) is 1.62. The number of ketones is 1. The van der Waals surface area contributed by atoms with Crippen LogP contribution in [-0.4, -0.2) is 10.4 Å². The van der Waals surface area contributed by atoms with E-state index in [9.17, 15) is 9.59 Å². The van der Waals surface area contributed by atoms with Gasteiger partial charge in [0, 0.05) is 28.5 Å². The molecule has 0 fully saturated rings. The van der Waals surface area contributed by atoms with Crippen LogP contribution in [0.3, 0.4) is 0 Å². The van der Waals surface area contributed by atoms with E-state index in [2.05, 4.69) is 0 Å². The monoisotopic (exact) mass is 247 g/mol. The third-order valence-electron chi connectivity index (χ3n) is 2.42. The molecule has 0 N–H and O–H groups in total. The van der Waals surface area contributed by atoms with Gasteiger partial charge in [0.05, 0.1) is 0 Å². The molecule has 0 amide bonds. The zero-order valence-electron chi connectivity index (χ0n) is 9.18. The summed E-state index contributed by atoms with van der Waals surface area (Å²) in [5.74, 6) is -0.0762. The van der Waals surface area contributed by atoms with E-state index >= 15 is 0 Å². The van der Waals surface area contributed by atoms with Gasteiger partial charge < -0.3 is 0 Å². The van der Waals surface area contributed by atoms with E-state index in [0.717, 1.165) is 0 Å². The van der Waals surface area contributed by atoms with E-state index in [-0.39, 0.29) is 11.3 Å². The number of pyridine rings is 1. The van der Waals surface area contributed by atoms with Crippen LogP contribution in [0.25, 0.3) is 5.69 Å². The molecular formula is C13H10ClNO2. The second-order valence-electron chi connectivity index (χ2n) is 3.66. The van der Waals surface area contributed by atoms with Crippen LogP contribution < -0.4 is 5.56 Å². The Hall–Kier alpha value is -1.87. The van der Waals surface area contributed by atoms with E-state index in [0.29, 0.717) is 16.3 Å². The van der Waals surface area contributed by atoms with Crippen molar-refractivity contribution in [3.05, 3.63) is 63.5 Å². The Morgan fingerprint density at radius 3 is 2.35 bits per heavy atom. The molecule has 0 unspecified atom stereocenters. The van der Waals surface area contributed by atoms with Gasteiger partial charge in [-0.05, 0) is 37.3 Å². The number of carbonyl (C=O) groups excluding carboxylic acids is 1. The number of halogens is 1. The highest BCUT2D eigenvalue weighted by Gasteiger charge is 2.04. The molecule has 1 aromatic heterocycles. The van der Waals surface area contributed by atoms with Crippen molar-refractivity contribution in [2.45, 2.75) is 6.92 Å². The quantitative estimate of drug-likeness (QED) is 0.766. The van der Waals surface area contributed by atoms with Crippen LogP contribution in [0.1, 0.15) is 17.3 Å². The number of hydrogen-bond acceptors (Lipinski definition) is 2. The molecule has 4 heteroatoms. The molecule has 1 heterocycles. The normalized spacial score (nSPS) is 10.2. The lowest BCUT2D eigenvalue weighted by Crippen LogP contribution is -2.17. The van der Waals surface area contributed by atoms with Crippen LogP contribution in [-0.2, 0) is 0 Å². The number of nitrogens with zero attached hydrogens (tertiary/aromatic N) is 1. The molecule has 0 bridgehead atoms. The molecule has 3 nitrogen and oxygen atoms in total. The average molecular weight is 248 g/mol. The van der Waals surface area contributed by atoms with E-state index in [1.165, 1.54) is 29.8 Å². The highest BCUT2D eigenvalue weighted by molar-refractivity contribution is 6.30. The zero-order valence-corrected chi connectivity index (χ0v) is 9.94. The molecule has 0 radical (unpaired) electrons. The van der Waals surface area contributed by atoms with Gasteiger partial charge >= 0.3 is 0 Å². The zero-order chi connectivity index (χ0) is 12.4. The van der Waals surface area contributed by atoms with Crippen LogP contribution in [0, 0.1) is 0 Å². The number of carbonyl (C=O) groups is 1. The Balaban J connectivity index is 2.58. The van der Waals surface area contributed by atoms with E-state index in [1.807, 2.05) is 0 Å². The first-order valence-electron chi connectivity index (χ1n) is 5.07. The summed E-state index contributed by atoms with van der Waals surface area (Å²) < 4.78 is 1.42. The van der Waals surface area contributed by atoms with Gasteiger partial charge in [-0.15, -0.1) is 0 Å². The minimum Gasteiger partial charge on any atom is -0.294 e. The second-order valence-corrected chi connectivity index (χ2v) is 4.10. The Morgan fingerprint density at radius 2 is 1.76 bits per heavy atom. The van der Waals surface area contributed by atoms with Gasteiger partial charge in [-0.2, -0.15) is 0 Å². The van der Waals surface area contributed by atoms with Gasteiger partial charge in [-0.1, -0.05) is 11.6 Å². The van der Waals surface area contributed by atoms with Crippen molar-refractivity contribution in [3.63, 3.8) is 0 Å². The lowest BCUT2D eigenvalue weighted by Gasteiger charge is -2.06. The van der Waals surface area contributed by atoms with E-state index in [1.54, 1.807) is 24.3 Å². The van der Waals surface area contributed by atoms with Gasteiger partial charge in [-0.25, -0.2) is 0 Å². The molecule has 0 saturated heterocycles. The Labute approximate surface area is 103 Å². The maximum Gasteiger partial charge on any atom is 0.255 e. The predicted octanol–water partition coefficient (Wildman–Crippen LogP) is 2.69. The van der Waals surface area contributed by atoms with Gasteiger partial charge in [0.25, 0.3) is 5.56 Å². The minimum absolute atomic E-state index is 0.0762. The highest BCUT2D eigenvalue weighted by Crippen LogP contribution is 2.12. The highest BCUT2D eigenvalue weighted by atomic mass is 35.5.